The third-order valence-corrected chi connectivity index (χ3v) is 4.27. The summed E-state index contributed by atoms with van der Waals surface area (Å²) in [5.74, 6) is -3.40. The van der Waals surface area contributed by atoms with Crippen LogP contribution in [-0.4, -0.2) is 46.2 Å². The number of hydrogen-bond donors (Lipinski definition) is 5. The van der Waals surface area contributed by atoms with E-state index in [1.165, 1.54) is 0 Å². The monoisotopic (exact) mass is 385 g/mol. The number of amides is 1. The smallest absolute Gasteiger partial charge is 0.326 e. The van der Waals surface area contributed by atoms with Crippen LogP contribution in [0.2, 0.25) is 0 Å². The van der Waals surface area contributed by atoms with Crippen molar-refractivity contribution in [2.24, 2.45) is 11.5 Å². The van der Waals surface area contributed by atoms with Crippen LogP contribution in [-0.2, 0) is 20.8 Å². The molecule has 28 heavy (non-hydrogen) atoms. The second-order valence-electron chi connectivity index (χ2n) is 6.45. The first kappa shape index (κ1) is 21.1. The largest absolute Gasteiger partial charge is 0.480 e. The predicted molar refractivity (Wildman–Crippen MR) is 103 cm³/mol. The number of nitrogens with one attached hydrogen (secondary N) is 1. The van der Waals surface area contributed by atoms with E-state index in [4.69, 9.17) is 21.7 Å². The minimum Gasteiger partial charge on any atom is -0.480 e. The van der Waals surface area contributed by atoms with E-state index in [0.29, 0.717) is 0 Å². The van der Waals surface area contributed by atoms with E-state index in [2.05, 4.69) is 5.32 Å². The van der Waals surface area contributed by atoms with Crippen LogP contribution < -0.4 is 16.8 Å². The zero-order valence-electron chi connectivity index (χ0n) is 15.1. The van der Waals surface area contributed by atoms with E-state index in [-0.39, 0.29) is 6.42 Å². The Morgan fingerprint density at radius 1 is 0.821 bits per heavy atom. The summed E-state index contributed by atoms with van der Waals surface area (Å²) in [5, 5.41) is 20.2. The molecule has 1 amide bonds. The Morgan fingerprint density at radius 3 is 1.93 bits per heavy atom. The van der Waals surface area contributed by atoms with E-state index in [1.54, 1.807) is 0 Å². The SMILES string of the molecule is NC(C[C@H](NC(=O)[C@@H](N)Cc1ccc(-c2ccccc2)cc1)C(=O)O)C(=O)O. The zero-order chi connectivity index (χ0) is 20.7. The Balaban J connectivity index is 1.97. The van der Waals surface area contributed by atoms with Gasteiger partial charge in [0.05, 0.1) is 6.04 Å². The zero-order valence-corrected chi connectivity index (χ0v) is 15.1. The topological polar surface area (TPSA) is 156 Å². The van der Waals surface area contributed by atoms with Crippen LogP contribution >= 0.6 is 0 Å². The Bertz CT molecular complexity index is 823. The third-order valence-electron chi connectivity index (χ3n) is 4.27. The quantitative estimate of drug-likeness (QED) is 0.423. The highest BCUT2D eigenvalue weighted by Crippen LogP contribution is 2.19. The van der Waals surface area contributed by atoms with Crippen LogP contribution in [0.3, 0.4) is 0 Å². The summed E-state index contributed by atoms with van der Waals surface area (Å²) in [6.07, 6.45) is -0.229. The molecule has 1 unspecified atom stereocenters. The first-order chi connectivity index (χ1) is 13.3. The van der Waals surface area contributed by atoms with Gasteiger partial charge < -0.3 is 27.0 Å². The van der Waals surface area contributed by atoms with Gasteiger partial charge in [-0.15, -0.1) is 0 Å². The summed E-state index contributed by atoms with van der Waals surface area (Å²) in [5.41, 5.74) is 14.1. The fourth-order valence-electron chi connectivity index (χ4n) is 2.67. The van der Waals surface area contributed by atoms with Crippen LogP contribution in [0.15, 0.2) is 54.6 Å². The van der Waals surface area contributed by atoms with Gasteiger partial charge in [-0.3, -0.25) is 9.59 Å². The maximum Gasteiger partial charge on any atom is 0.326 e. The predicted octanol–water partition coefficient (Wildman–Crippen LogP) is 0.595. The first-order valence-corrected chi connectivity index (χ1v) is 8.69. The van der Waals surface area contributed by atoms with Crippen LogP contribution in [0.25, 0.3) is 11.1 Å². The average molecular weight is 385 g/mol. The molecule has 0 aromatic heterocycles. The third kappa shape index (κ3) is 5.90. The van der Waals surface area contributed by atoms with Crippen molar-refractivity contribution in [2.45, 2.75) is 31.0 Å². The summed E-state index contributed by atoms with van der Waals surface area (Å²) < 4.78 is 0. The van der Waals surface area contributed by atoms with Crippen molar-refractivity contribution in [3.63, 3.8) is 0 Å². The van der Waals surface area contributed by atoms with Gasteiger partial charge in [0.2, 0.25) is 5.91 Å². The summed E-state index contributed by atoms with van der Waals surface area (Å²) in [4.78, 5) is 34.2. The molecule has 3 atom stereocenters. The molecule has 0 aliphatic heterocycles. The summed E-state index contributed by atoms with van der Waals surface area (Å²) in [6, 6.07) is 13.5. The molecular weight excluding hydrogens is 362 g/mol. The highest BCUT2D eigenvalue weighted by atomic mass is 16.4. The number of hydrogen-bond acceptors (Lipinski definition) is 5. The Labute approximate surface area is 162 Å². The maximum atomic E-state index is 12.2. The molecule has 8 nitrogen and oxygen atoms in total. The minimum atomic E-state index is -1.43. The molecule has 0 heterocycles. The molecule has 8 heteroatoms. The lowest BCUT2D eigenvalue weighted by molar-refractivity contribution is -0.143. The number of carbonyl (C=O) groups excluding carboxylic acids is 1. The lowest BCUT2D eigenvalue weighted by Gasteiger charge is -2.19. The van der Waals surface area contributed by atoms with Gasteiger partial charge in [-0.1, -0.05) is 54.6 Å². The Hall–Kier alpha value is -3.23. The molecule has 2 aromatic carbocycles. The summed E-state index contributed by atoms with van der Waals surface area (Å²) in [6.45, 7) is 0. The van der Waals surface area contributed by atoms with Gasteiger partial charge in [0.25, 0.3) is 0 Å². The molecule has 0 saturated heterocycles. The van der Waals surface area contributed by atoms with Gasteiger partial charge in [0.1, 0.15) is 12.1 Å². The van der Waals surface area contributed by atoms with Crippen LogP contribution in [0.4, 0.5) is 0 Å². The molecule has 2 aromatic rings. The van der Waals surface area contributed by atoms with Gasteiger partial charge in [0, 0.05) is 6.42 Å². The molecule has 148 valence electrons. The van der Waals surface area contributed by atoms with Gasteiger partial charge in [-0.2, -0.15) is 0 Å². The fourth-order valence-corrected chi connectivity index (χ4v) is 2.67. The van der Waals surface area contributed by atoms with Crippen LogP contribution in [0, 0.1) is 0 Å². The van der Waals surface area contributed by atoms with Crippen LogP contribution in [0.1, 0.15) is 12.0 Å². The molecule has 2 rings (SSSR count). The Morgan fingerprint density at radius 2 is 1.39 bits per heavy atom. The van der Waals surface area contributed by atoms with Gasteiger partial charge >= 0.3 is 11.9 Å². The molecule has 0 aliphatic rings. The van der Waals surface area contributed by atoms with Crippen LogP contribution in [0.5, 0.6) is 0 Å². The van der Waals surface area contributed by atoms with E-state index in [9.17, 15) is 14.4 Å². The van der Waals surface area contributed by atoms with Crippen molar-refractivity contribution in [1.82, 2.24) is 5.32 Å². The molecular formula is C20H23N3O5. The van der Waals surface area contributed by atoms with E-state index >= 15 is 0 Å². The van der Waals surface area contributed by atoms with E-state index < -0.39 is 42.4 Å². The Kier molecular flexibility index (Phi) is 7.25. The van der Waals surface area contributed by atoms with E-state index in [1.807, 2.05) is 54.6 Å². The second kappa shape index (κ2) is 9.63. The minimum absolute atomic E-state index is 0.207. The fraction of sp³-hybridized carbons (Fsp3) is 0.250. The van der Waals surface area contributed by atoms with E-state index in [0.717, 1.165) is 16.7 Å². The number of benzene rings is 2. The van der Waals surface area contributed by atoms with Crippen molar-refractivity contribution in [3.8, 4) is 11.1 Å². The number of nitrogens with two attached hydrogens (primary N) is 2. The second-order valence-corrected chi connectivity index (χ2v) is 6.45. The summed E-state index contributed by atoms with van der Waals surface area (Å²) in [7, 11) is 0. The average Bonchev–Trinajstić information content (AvgIpc) is 2.68. The highest BCUT2D eigenvalue weighted by molar-refractivity contribution is 5.87. The number of aliphatic carboxylic acids is 2. The number of carboxylic acids is 2. The highest BCUT2D eigenvalue weighted by Gasteiger charge is 2.27. The molecule has 0 fully saturated rings. The normalized spacial score (nSPS) is 13.9. The van der Waals surface area contributed by atoms with Gasteiger partial charge in [0.15, 0.2) is 0 Å². The molecule has 0 spiro atoms. The van der Waals surface area contributed by atoms with Crippen molar-refractivity contribution in [1.29, 1.82) is 0 Å². The number of rotatable bonds is 9. The number of carboxylic acid groups (broad SMARTS) is 2. The number of carbonyl (C=O) groups is 3. The lowest BCUT2D eigenvalue weighted by atomic mass is 10.0. The van der Waals surface area contributed by atoms with Gasteiger partial charge in [-0.05, 0) is 23.1 Å². The molecule has 0 radical (unpaired) electrons. The molecule has 0 bridgehead atoms. The maximum absolute atomic E-state index is 12.2. The molecule has 7 N–H and O–H groups in total. The van der Waals surface area contributed by atoms with Crippen molar-refractivity contribution in [2.75, 3.05) is 0 Å². The summed E-state index contributed by atoms with van der Waals surface area (Å²) >= 11 is 0. The standard InChI is InChI=1S/C20H23N3O5/c21-15(18(24)23-17(20(27)28)11-16(22)19(25)26)10-12-6-8-14(9-7-12)13-4-2-1-3-5-13/h1-9,15-17H,10-11,21-22H2,(H,23,24)(H,25,26)(H,27,28)/t15-,16?,17-/m0/s1. The first-order valence-electron chi connectivity index (χ1n) is 8.69. The molecule has 0 aliphatic carbocycles. The van der Waals surface area contributed by atoms with Crippen molar-refractivity contribution < 1.29 is 24.6 Å². The lowest BCUT2D eigenvalue weighted by Crippen LogP contribution is -2.51. The van der Waals surface area contributed by atoms with Crippen molar-refractivity contribution >= 4 is 17.8 Å². The molecule has 0 saturated carbocycles. The van der Waals surface area contributed by atoms with Crippen molar-refractivity contribution in [3.05, 3.63) is 60.2 Å². The van der Waals surface area contributed by atoms with Gasteiger partial charge in [-0.25, -0.2) is 4.79 Å².